The van der Waals surface area contributed by atoms with E-state index in [0.717, 1.165) is 16.7 Å². The highest BCUT2D eigenvalue weighted by Gasteiger charge is 2.16. The average molecular weight is 440 g/mol. The van der Waals surface area contributed by atoms with E-state index < -0.39 is 0 Å². The summed E-state index contributed by atoms with van der Waals surface area (Å²) in [4.78, 5) is 0. The maximum Gasteiger partial charge on any atom is 0.163 e. The number of aliphatic hydroxyl groups is 3. The van der Waals surface area contributed by atoms with E-state index in [0.29, 0.717) is 40.7 Å². The van der Waals surface area contributed by atoms with Crippen LogP contribution in [0.3, 0.4) is 0 Å². The number of phenols is 3. The molecule has 0 aliphatic rings. The van der Waals surface area contributed by atoms with Gasteiger partial charge in [-0.2, -0.15) is 0 Å². The van der Waals surface area contributed by atoms with Gasteiger partial charge in [-0.15, -0.1) is 0 Å². The Morgan fingerprint density at radius 1 is 0.594 bits per heavy atom. The maximum atomic E-state index is 11.0. The third-order valence-electron chi connectivity index (χ3n) is 5.47. The molecule has 170 valence electrons. The van der Waals surface area contributed by atoms with Crippen molar-refractivity contribution < 1.29 is 35.4 Å². The molecule has 6 N–H and O–H groups in total. The predicted molar refractivity (Wildman–Crippen MR) is 119 cm³/mol. The molecule has 0 heterocycles. The molecule has 0 spiro atoms. The molecule has 0 saturated heterocycles. The molecule has 0 unspecified atom stereocenters. The van der Waals surface area contributed by atoms with Gasteiger partial charge < -0.3 is 35.4 Å². The highest BCUT2D eigenvalue weighted by Crippen LogP contribution is 2.35. The van der Waals surface area contributed by atoms with Crippen molar-refractivity contribution in [2.45, 2.75) is 39.6 Å². The van der Waals surface area contributed by atoms with E-state index >= 15 is 0 Å². The fraction of sp³-hybridized carbons (Fsp3) is 0.280. The van der Waals surface area contributed by atoms with Gasteiger partial charge in [0, 0.05) is 29.5 Å². The average Bonchev–Trinajstić information content (AvgIpc) is 2.78. The van der Waals surface area contributed by atoms with Gasteiger partial charge in [0.25, 0.3) is 0 Å². The van der Waals surface area contributed by atoms with Gasteiger partial charge in [-0.1, -0.05) is 17.7 Å². The standard InChI is InChI=1S/C25H28O7/c1-14-3-17(5-15-7-19(11-26)24(30)20(8-15)12-27)23(29)18(4-14)6-16-9-21(13-28)25(31)22(10-16)32-2/h3-4,7-10,26-31H,5-6,11-13H2,1-2H3. The number of hydrogen-bond acceptors (Lipinski definition) is 7. The summed E-state index contributed by atoms with van der Waals surface area (Å²) in [5, 5.41) is 59.7. The van der Waals surface area contributed by atoms with Crippen LogP contribution >= 0.6 is 0 Å². The van der Waals surface area contributed by atoms with Crippen LogP contribution in [0.25, 0.3) is 0 Å². The van der Waals surface area contributed by atoms with Crippen LogP contribution < -0.4 is 4.74 Å². The Morgan fingerprint density at radius 2 is 1.00 bits per heavy atom. The van der Waals surface area contributed by atoms with Crippen molar-refractivity contribution in [1.82, 2.24) is 0 Å². The van der Waals surface area contributed by atoms with E-state index in [1.165, 1.54) is 7.11 Å². The minimum Gasteiger partial charge on any atom is -0.507 e. The number of aromatic hydroxyl groups is 3. The summed E-state index contributed by atoms with van der Waals surface area (Å²) in [5.74, 6) is 0.113. The Bertz CT molecular complexity index is 987. The molecule has 0 aromatic heterocycles. The van der Waals surface area contributed by atoms with Crippen LogP contribution in [-0.2, 0) is 32.7 Å². The van der Waals surface area contributed by atoms with Gasteiger partial charge in [-0.3, -0.25) is 0 Å². The van der Waals surface area contributed by atoms with Gasteiger partial charge in [0.05, 0.1) is 26.9 Å². The monoisotopic (exact) mass is 440 g/mol. The Morgan fingerprint density at radius 3 is 1.44 bits per heavy atom. The summed E-state index contributed by atoms with van der Waals surface area (Å²) >= 11 is 0. The number of hydrogen-bond donors (Lipinski definition) is 6. The quantitative estimate of drug-likeness (QED) is 0.318. The summed E-state index contributed by atoms with van der Waals surface area (Å²) in [7, 11) is 1.43. The van der Waals surface area contributed by atoms with E-state index in [-0.39, 0.29) is 42.8 Å². The van der Waals surface area contributed by atoms with Crippen LogP contribution in [0, 0.1) is 6.92 Å². The predicted octanol–water partition coefficient (Wildman–Crippen LogP) is 2.78. The van der Waals surface area contributed by atoms with Gasteiger partial charge >= 0.3 is 0 Å². The van der Waals surface area contributed by atoms with Crippen LogP contribution in [0.15, 0.2) is 36.4 Å². The van der Waals surface area contributed by atoms with Crippen LogP contribution in [0.1, 0.15) is 44.5 Å². The third-order valence-corrected chi connectivity index (χ3v) is 5.47. The Kier molecular flexibility index (Phi) is 7.25. The highest BCUT2D eigenvalue weighted by molar-refractivity contribution is 5.53. The Hall–Kier alpha value is -3.26. The smallest absolute Gasteiger partial charge is 0.163 e. The second-order valence-corrected chi connectivity index (χ2v) is 7.83. The SMILES string of the molecule is COc1cc(Cc2cc(C)cc(Cc3cc(CO)c(O)c(CO)c3)c2O)cc(CO)c1O. The Balaban J connectivity index is 1.99. The van der Waals surface area contributed by atoms with Gasteiger partial charge in [0.2, 0.25) is 0 Å². The molecule has 0 bridgehead atoms. The maximum absolute atomic E-state index is 11.0. The third kappa shape index (κ3) is 4.80. The minimum absolute atomic E-state index is 0.109. The molecule has 32 heavy (non-hydrogen) atoms. The highest BCUT2D eigenvalue weighted by atomic mass is 16.5. The largest absolute Gasteiger partial charge is 0.507 e. The molecule has 0 aliphatic heterocycles. The molecular weight excluding hydrogens is 412 g/mol. The van der Waals surface area contributed by atoms with E-state index in [1.54, 1.807) is 24.3 Å². The van der Waals surface area contributed by atoms with E-state index in [4.69, 9.17) is 4.74 Å². The van der Waals surface area contributed by atoms with Gasteiger partial charge in [0.15, 0.2) is 11.5 Å². The van der Waals surface area contributed by atoms with Gasteiger partial charge in [-0.25, -0.2) is 0 Å². The number of ether oxygens (including phenoxy) is 1. The van der Waals surface area contributed by atoms with Crippen LogP contribution in [0.2, 0.25) is 0 Å². The zero-order chi connectivity index (χ0) is 23.4. The van der Waals surface area contributed by atoms with Crippen LogP contribution in [-0.4, -0.2) is 37.7 Å². The topological polar surface area (TPSA) is 131 Å². The van der Waals surface area contributed by atoms with Crippen molar-refractivity contribution in [3.8, 4) is 23.0 Å². The first-order valence-electron chi connectivity index (χ1n) is 10.2. The van der Waals surface area contributed by atoms with E-state index in [9.17, 15) is 30.6 Å². The van der Waals surface area contributed by atoms with E-state index in [2.05, 4.69) is 0 Å². The second kappa shape index (κ2) is 9.91. The first kappa shape index (κ1) is 23.4. The summed E-state index contributed by atoms with van der Waals surface area (Å²) < 4.78 is 5.19. The first-order chi connectivity index (χ1) is 15.3. The number of benzene rings is 3. The van der Waals surface area contributed by atoms with Crippen LogP contribution in [0.4, 0.5) is 0 Å². The van der Waals surface area contributed by atoms with Crippen molar-refractivity contribution in [3.63, 3.8) is 0 Å². The number of aryl methyl sites for hydroxylation is 1. The normalized spacial score (nSPS) is 11.0. The summed E-state index contributed by atoms with van der Waals surface area (Å²) in [6.07, 6.45) is 0.686. The molecule has 7 heteroatoms. The van der Waals surface area contributed by atoms with Crippen molar-refractivity contribution in [2.75, 3.05) is 7.11 Å². The summed E-state index contributed by atoms with van der Waals surface area (Å²) in [6, 6.07) is 10.4. The lowest BCUT2D eigenvalue weighted by molar-refractivity contribution is 0.263. The molecular formula is C25H28O7. The summed E-state index contributed by atoms with van der Waals surface area (Å²) in [5.41, 5.74) is 4.71. The molecule has 0 atom stereocenters. The lowest BCUT2D eigenvalue weighted by Crippen LogP contribution is -2.00. The fourth-order valence-corrected chi connectivity index (χ4v) is 3.93. The fourth-order valence-electron chi connectivity index (χ4n) is 3.93. The molecule has 0 fully saturated rings. The molecule has 7 nitrogen and oxygen atoms in total. The van der Waals surface area contributed by atoms with Crippen molar-refractivity contribution in [3.05, 3.63) is 80.9 Å². The van der Waals surface area contributed by atoms with Crippen molar-refractivity contribution in [2.24, 2.45) is 0 Å². The van der Waals surface area contributed by atoms with Crippen LogP contribution in [0.5, 0.6) is 23.0 Å². The minimum atomic E-state index is -0.367. The summed E-state index contributed by atoms with van der Waals surface area (Å²) in [6.45, 7) is 0.835. The number of rotatable bonds is 8. The molecule has 0 amide bonds. The van der Waals surface area contributed by atoms with E-state index in [1.807, 2.05) is 19.1 Å². The van der Waals surface area contributed by atoms with Crippen molar-refractivity contribution >= 4 is 0 Å². The molecule has 3 aromatic carbocycles. The number of aliphatic hydroxyl groups excluding tert-OH is 3. The molecule has 0 saturated carbocycles. The number of methoxy groups -OCH3 is 1. The Labute approximate surface area is 186 Å². The molecule has 3 rings (SSSR count). The first-order valence-corrected chi connectivity index (χ1v) is 10.2. The lowest BCUT2D eigenvalue weighted by Gasteiger charge is -2.15. The van der Waals surface area contributed by atoms with Gasteiger partial charge in [-0.05, 0) is 53.4 Å². The zero-order valence-electron chi connectivity index (χ0n) is 18.1. The molecule has 0 radical (unpaired) electrons. The molecule has 3 aromatic rings. The zero-order valence-corrected chi connectivity index (χ0v) is 18.1. The molecule has 0 aliphatic carbocycles. The lowest BCUT2D eigenvalue weighted by atomic mass is 9.93. The second-order valence-electron chi connectivity index (χ2n) is 7.83. The number of phenolic OH excluding ortho intramolecular Hbond substituents is 1. The van der Waals surface area contributed by atoms with Gasteiger partial charge in [0.1, 0.15) is 11.5 Å². The van der Waals surface area contributed by atoms with Crippen molar-refractivity contribution in [1.29, 1.82) is 0 Å².